The predicted octanol–water partition coefficient (Wildman–Crippen LogP) is 3.06. The Labute approximate surface area is 125 Å². The molecule has 0 saturated heterocycles. The molecule has 0 unspecified atom stereocenters. The van der Waals surface area contributed by atoms with Crippen molar-refractivity contribution in [3.05, 3.63) is 52.3 Å². The van der Waals surface area contributed by atoms with E-state index in [0.29, 0.717) is 5.02 Å². The van der Waals surface area contributed by atoms with Crippen LogP contribution >= 0.6 is 23.2 Å². The molecule has 2 aromatic rings. The molecule has 0 aliphatic carbocycles. The first-order valence-corrected chi connectivity index (χ1v) is 7.50. The molecule has 0 spiro atoms. The number of halogens is 2. The molecular formula is C12H7Cl2N3O2S. The fourth-order valence-corrected chi connectivity index (χ4v) is 2.72. The molecule has 0 atom stereocenters. The van der Waals surface area contributed by atoms with Crippen molar-refractivity contribution in [2.24, 2.45) is 0 Å². The lowest BCUT2D eigenvalue weighted by atomic mass is 10.2. The second kappa shape index (κ2) is 5.67. The van der Waals surface area contributed by atoms with Gasteiger partial charge in [0, 0.05) is 11.2 Å². The minimum absolute atomic E-state index is 0.0641. The number of hydrogen-bond acceptors (Lipinski definition) is 4. The van der Waals surface area contributed by atoms with Crippen LogP contribution in [0.15, 0.2) is 41.4 Å². The number of pyridine rings is 1. The van der Waals surface area contributed by atoms with Crippen molar-refractivity contribution in [2.45, 2.75) is 4.90 Å². The third-order valence-corrected chi connectivity index (χ3v) is 4.17. The van der Waals surface area contributed by atoms with Gasteiger partial charge in [-0.2, -0.15) is 5.26 Å². The van der Waals surface area contributed by atoms with Gasteiger partial charge in [-0.15, -0.1) is 0 Å². The van der Waals surface area contributed by atoms with Gasteiger partial charge in [-0.05, 0) is 30.3 Å². The van der Waals surface area contributed by atoms with Crippen molar-refractivity contribution in [2.75, 3.05) is 4.72 Å². The SMILES string of the molecule is N#Cc1ccc(Cl)cc1NS(=O)(=O)c1ccc(Cl)nc1. The number of rotatable bonds is 3. The zero-order valence-electron chi connectivity index (χ0n) is 9.84. The number of hydrogen-bond donors (Lipinski definition) is 1. The van der Waals surface area contributed by atoms with E-state index < -0.39 is 10.0 Å². The van der Waals surface area contributed by atoms with E-state index in [1.165, 1.54) is 30.3 Å². The monoisotopic (exact) mass is 327 g/mol. The molecule has 8 heteroatoms. The molecule has 102 valence electrons. The Kier molecular flexibility index (Phi) is 4.14. The first-order chi connectivity index (χ1) is 9.42. The number of benzene rings is 1. The first-order valence-electron chi connectivity index (χ1n) is 5.26. The van der Waals surface area contributed by atoms with Gasteiger partial charge in [0.1, 0.15) is 16.1 Å². The third-order valence-electron chi connectivity index (χ3n) is 2.36. The van der Waals surface area contributed by atoms with Crippen molar-refractivity contribution < 1.29 is 8.42 Å². The van der Waals surface area contributed by atoms with E-state index in [0.717, 1.165) is 6.20 Å². The zero-order chi connectivity index (χ0) is 14.8. The number of anilines is 1. The van der Waals surface area contributed by atoms with Gasteiger partial charge in [0.15, 0.2) is 0 Å². The van der Waals surface area contributed by atoms with Crippen molar-refractivity contribution >= 4 is 38.9 Å². The van der Waals surface area contributed by atoms with Gasteiger partial charge in [0.2, 0.25) is 0 Å². The molecule has 0 bridgehead atoms. The van der Waals surface area contributed by atoms with Crippen molar-refractivity contribution in [1.29, 1.82) is 5.26 Å². The largest absolute Gasteiger partial charge is 0.278 e. The summed E-state index contributed by atoms with van der Waals surface area (Å²) in [5, 5.41) is 9.46. The van der Waals surface area contributed by atoms with Gasteiger partial charge in [0.25, 0.3) is 10.0 Å². The van der Waals surface area contributed by atoms with Gasteiger partial charge in [-0.1, -0.05) is 23.2 Å². The lowest BCUT2D eigenvalue weighted by Gasteiger charge is -2.09. The third kappa shape index (κ3) is 3.20. The first kappa shape index (κ1) is 14.6. The Hall–Kier alpha value is -1.81. The molecule has 1 aromatic carbocycles. The summed E-state index contributed by atoms with van der Waals surface area (Å²) >= 11 is 11.4. The van der Waals surface area contributed by atoms with Crippen LogP contribution in [0.3, 0.4) is 0 Å². The van der Waals surface area contributed by atoms with E-state index in [1.807, 2.05) is 6.07 Å². The molecule has 0 aliphatic heterocycles. The van der Waals surface area contributed by atoms with Crippen LogP contribution in [-0.4, -0.2) is 13.4 Å². The van der Waals surface area contributed by atoms with Crippen molar-refractivity contribution in [3.63, 3.8) is 0 Å². The molecule has 0 radical (unpaired) electrons. The molecule has 0 saturated carbocycles. The minimum Gasteiger partial charge on any atom is -0.278 e. The van der Waals surface area contributed by atoms with Crippen LogP contribution < -0.4 is 4.72 Å². The highest BCUT2D eigenvalue weighted by Crippen LogP contribution is 2.23. The highest BCUT2D eigenvalue weighted by molar-refractivity contribution is 7.92. The topological polar surface area (TPSA) is 82.9 Å². The van der Waals surface area contributed by atoms with Gasteiger partial charge in [0.05, 0.1) is 11.3 Å². The second-order valence-electron chi connectivity index (χ2n) is 3.72. The molecule has 1 aromatic heterocycles. The number of nitriles is 1. The maximum absolute atomic E-state index is 12.1. The fourth-order valence-electron chi connectivity index (χ4n) is 1.42. The molecule has 0 amide bonds. The molecule has 1 heterocycles. The molecule has 0 fully saturated rings. The van der Waals surface area contributed by atoms with Gasteiger partial charge < -0.3 is 0 Å². The highest BCUT2D eigenvalue weighted by atomic mass is 35.5. The van der Waals surface area contributed by atoms with Crippen LogP contribution in [0, 0.1) is 11.3 Å². The minimum atomic E-state index is -3.86. The Balaban J connectivity index is 2.41. The van der Waals surface area contributed by atoms with Gasteiger partial charge in [-0.3, -0.25) is 4.72 Å². The number of aromatic nitrogens is 1. The summed E-state index contributed by atoms with van der Waals surface area (Å²) in [6, 6.07) is 8.85. The fraction of sp³-hybridized carbons (Fsp3) is 0. The Morgan fingerprint density at radius 1 is 1.20 bits per heavy atom. The van der Waals surface area contributed by atoms with Crippen LogP contribution in [0.25, 0.3) is 0 Å². The molecule has 0 aliphatic rings. The predicted molar refractivity (Wildman–Crippen MR) is 76.2 cm³/mol. The summed E-state index contributed by atoms with van der Waals surface area (Å²) in [6.45, 7) is 0. The molecule has 1 N–H and O–H groups in total. The van der Waals surface area contributed by atoms with Crippen molar-refractivity contribution in [1.82, 2.24) is 4.98 Å². The second-order valence-corrected chi connectivity index (χ2v) is 6.23. The highest BCUT2D eigenvalue weighted by Gasteiger charge is 2.16. The summed E-state index contributed by atoms with van der Waals surface area (Å²) in [6.07, 6.45) is 1.13. The van der Waals surface area contributed by atoms with Crippen molar-refractivity contribution in [3.8, 4) is 6.07 Å². The van der Waals surface area contributed by atoms with Gasteiger partial charge >= 0.3 is 0 Å². The number of nitrogens with zero attached hydrogens (tertiary/aromatic N) is 2. The summed E-state index contributed by atoms with van der Waals surface area (Å²) in [7, 11) is -3.86. The zero-order valence-corrected chi connectivity index (χ0v) is 12.2. The number of nitrogens with one attached hydrogen (secondary N) is 1. The normalized spacial score (nSPS) is 10.8. The van der Waals surface area contributed by atoms with Crippen LogP contribution in [-0.2, 0) is 10.0 Å². The molecular weight excluding hydrogens is 321 g/mol. The molecule has 20 heavy (non-hydrogen) atoms. The van der Waals surface area contributed by atoms with Crippen LogP contribution in [0.4, 0.5) is 5.69 Å². The van der Waals surface area contributed by atoms with E-state index in [-0.39, 0.29) is 21.3 Å². The van der Waals surface area contributed by atoms with E-state index in [1.54, 1.807) is 0 Å². The molecule has 2 rings (SSSR count). The summed E-state index contributed by atoms with van der Waals surface area (Å²) < 4.78 is 26.6. The average Bonchev–Trinajstić information content (AvgIpc) is 2.39. The number of sulfonamides is 1. The van der Waals surface area contributed by atoms with E-state index in [9.17, 15) is 8.42 Å². The maximum atomic E-state index is 12.1. The Morgan fingerprint density at radius 3 is 2.55 bits per heavy atom. The standard InChI is InChI=1S/C12H7Cl2N3O2S/c13-9-2-1-8(6-15)11(5-9)17-20(18,19)10-3-4-12(14)16-7-10/h1-5,7,17H. The Morgan fingerprint density at radius 2 is 1.95 bits per heavy atom. The quantitative estimate of drug-likeness (QED) is 0.878. The lowest BCUT2D eigenvalue weighted by Crippen LogP contribution is -2.14. The van der Waals surface area contributed by atoms with Crippen LogP contribution in [0.2, 0.25) is 10.2 Å². The van der Waals surface area contributed by atoms with E-state index in [4.69, 9.17) is 28.5 Å². The van der Waals surface area contributed by atoms with Crippen LogP contribution in [0.1, 0.15) is 5.56 Å². The summed E-state index contributed by atoms with van der Waals surface area (Å²) in [4.78, 5) is 3.64. The maximum Gasteiger partial charge on any atom is 0.263 e. The average molecular weight is 328 g/mol. The summed E-state index contributed by atoms with van der Waals surface area (Å²) in [5.74, 6) is 0. The van der Waals surface area contributed by atoms with E-state index in [2.05, 4.69) is 9.71 Å². The Bertz CT molecular complexity index is 783. The van der Waals surface area contributed by atoms with Gasteiger partial charge in [-0.25, -0.2) is 13.4 Å². The van der Waals surface area contributed by atoms with E-state index >= 15 is 0 Å². The molecule has 5 nitrogen and oxygen atoms in total. The van der Waals surface area contributed by atoms with Crippen LogP contribution in [0.5, 0.6) is 0 Å². The summed E-state index contributed by atoms with van der Waals surface area (Å²) in [5.41, 5.74) is 0.273. The smallest absolute Gasteiger partial charge is 0.263 e. The lowest BCUT2D eigenvalue weighted by molar-refractivity contribution is 0.601.